The molecule has 92 valence electrons. The minimum Gasteiger partial charge on any atom is -0.481 e. The van der Waals surface area contributed by atoms with E-state index in [1.807, 2.05) is 0 Å². The molecule has 17 heavy (non-hydrogen) atoms. The number of hydrogen-bond donors (Lipinski definition) is 3. The highest BCUT2D eigenvalue weighted by Crippen LogP contribution is 2.25. The molecule has 0 aliphatic heterocycles. The van der Waals surface area contributed by atoms with Crippen LogP contribution >= 0.6 is 11.5 Å². The number of aliphatic carboxylic acids is 1. The Morgan fingerprint density at radius 3 is 2.82 bits per heavy atom. The van der Waals surface area contributed by atoms with Gasteiger partial charge in [0.15, 0.2) is 0 Å². The van der Waals surface area contributed by atoms with Gasteiger partial charge < -0.3 is 10.4 Å². The summed E-state index contributed by atoms with van der Waals surface area (Å²) in [6.07, 6.45) is 1.75. The minimum absolute atomic E-state index is 0.100. The van der Waals surface area contributed by atoms with Crippen molar-refractivity contribution >= 4 is 28.7 Å². The summed E-state index contributed by atoms with van der Waals surface area (Å²) in [7, 11) is 0. The first kappa shape index (κ1) is 11.7. The third-order valence-corrected chi connectivity index (χ3v) is 3.15. The van der Waals surface area contributed by atoms with E-state index in [9.17, 15) is 9.59 Å². The molecule has 2 unspecified atom stereocenters. The lowest BCUT2D eigenvalue weighted by molar-refractivity contribution is -0.141. The van der Waals surface area contributed by atoms with Gasteiger partial charge in [0.25, 0.3) is 0 Å². The molecular formula is C8H11N5O3S. The number of carboxylic acids is 1. The fourth-order valence-electron chi connectivity index (χ4n) is 1.84. The molecule has 1 saturated carbocycles. The summed E-state index contributed by atoms with van der Waals surface area (Å²) in [6, 6.07) is -0.503. The van der Waals surface area contributed by atoms with Crippen LogP contribution in [0.15, 0.2) is 0 Å². The Morgan fingerprint density at radius 2 is 2.24 bits per heavy atom. The monoisotopic (exact) mass is 257 g/mol. The van der Waals surface area contributed by atoms with Crippen LogP contribution < -0.4 is 10.6 Å². The quantitative estimate of drug-likeness (QED) is 0.717. The lowest BCUT2D eigenvalue weighted by Crippen LogP contribution is -2.36. The molecule has 0 saturated heterocycles. The summed E-state index contributed by atoms with van der Waals surface area (Å²) in [6.45, 7) is 0. The molecule has 1 aliphatic rings. The molecule has 8 nitrogen and oxygen atoms in total. The lowest BCUT2D eigenvalue weighted by Gasteiger charge is -2.11. The maximum Gasteiger partial charge on any atom is 0.321 e. The zero-order valence-electron chi connectivity index (χ0n) is 8.79. The number of aromatic nitrogens is 3. The number of carbonyl (C=O) groups excluding carboxylic acids is 1. The summed E-state index contributed by atoms with van der Waals surface area (Å²) in [4.78, 5) is 22.2. The molecule has 1 heterocycles. The Morgan fingerprint density at radius 1 is 1.41 bits per heavy atom. The Bertz CT molecular complexity index is 409. The summed E-state index contributed by atoms with van der Waals surface area (Å²) in [5.74, 6) is -1.16. The van der Waals surface area contributed by atoms with Crippen LogP contribution in [0, 0.1) is 5.92 Å². The van der Waals surface area contributed by atoms with Crippen LogP contribution in [-0.4, -0.2) is 37.9 Å². The predicted molar refractivity (Wildman–Crippen MR) is 58.6 cm³/mol. The van der Waals surface area contributed by atoms with Gasteiger partial charge in [-0.05, 0) is 24.5 Å². The summed E-state index contributed by atoms with van der Waals surface area (Å²) in [5, 5.41) is 21.2. The zero-order valence-corrected chi connectivity index (χ0v) is 9.61. The van der Waals surface area contributed by atoms with Crippen molar-refractivity contribution in [3.8, 4) is 0 Å². The number of amides is 2. The SMILES string of the molecule is O=C(Nc1nnns1)NC1CCC(C(=O)O)C1. The van der Waals surface area contributed by atoms with Gasteiger partial charge in [0.1, 0.15) is 0 Å². The van der Waals surface area contributed by atoms with Crippen LogP contribution in [0.5, 0.6) is 0 Å². The first-order chi connectivity index (χ1) is 8.15. The maximum absolute atomic E-state index is 11.5. The standard InChI is InChI=1S/C8H11N5O3S/c14-6(15)4-1-2-5(3-4)9-7(16)10-8-11-12-13-17-8/h4-5H,1-3H2,(H,14,15)(H2,9,10,11,13,16). The topological polar surface area (TPSA) is 117 Å². The second-order valence-corrected chi connectivity index (χ2v) is 4.54. The average Bonchev–Trinajstić information content (AvgIpc) is 2.88. The molecule has 1 aliphatic carbocycles. The van der Waals surface area contributed by atoms with Gasteiger partial charge in [0.2, 0.25) is 5.13 Å². The van der Waals surface area contributed by atoms with Gasteiger partial charge in [-0.25, -0.2) is 4.79 Å². The molecule has 2 rings (SSSR count). The predicted octanol–water partition coefficient (Wildman–Crippen LogP) is 0.308. The highest BCUT2D eigenvalue weighted by Gasteiger charge is 2.30. The number of hydrogen-bond acceptors (Lipinski definition) is 6. The molecule has 0 spiro atoms. The number of carbonyl (C=O) groups is 2. The van der Waals surface area contributed by atoms with Gasteiger partial charge in [-0.15, -0.1) is 0 Å². The van der Waals surface area contributed by atoms with Crippen molar-refractivity contribution in [2.24, 2.45) is 5.92 Å². The smallest absolute Gasteiger partial charge is 0.321 e. The molecule has 1 fully saturated rings. The largest absolute Gasteiger partial charge is 0.481 e. The van der Waals surface area contributed by atoms with Crippen molar-refractivity contribution in [3.63, 3.8) is 0 Å². The third kappa shape index (κ3) is 3.09. The van der Waals surface area contributed by atoms with Crippen LogP contribution in [0.1, 0.15) is 19.3 Å². The molecule has 2 amide bonds. The van der Waals surface area contributed by atoms with Gasteiger partial charge >= 0.3 is 12.0 Å². The number of anilines is 1. The zero-order chi connectivity index (χ0) is 12.3. The molecule has 0 radical (unpaired) electrons. The van der Waals surface area contributed by atoms with Gasteiger partial charge in [-0.3, -0.25) is 10.1 Å². The molecule has 3 N–H and O–H groups in total. The molecule has 0 bridgehead atoms. The molecule has 1 aromatic rings. The van der Waals surface area contributed by atoms with E-state index in [1.54, 1.807) is 0 Å². The van der Waals surface area contributed by atoms with Gasteiger partial charge in [0, 0.05) is 17.6 Å². The first-order valence-electron chi connectivity index (χ1n) is 5.10. The van der Waals surface area contributed by atoms with Gasteiger partial charge in [0.05, 0.1) is 5.92 Å². The number of carboxylic acid groups (broad SMARTS) is 1. The second kappa shape index (κ2) is 5.04. The summed E-state index contributed by atoms with van der Waals surface area (Å²) in [5.41, 5.74) is 0. The van der Waals surface area contributed by atoms with Crippen LogP contribution in [0.25, 0.3) is 0 Å². The van der Waals surface area contributed by atoms with E-state index in [0.29, 0.717) is 24.4 Å². The van der Waals surface area contributed by atoms with E-state index in [2.05, 4.69) is 25.4 Å². The number of rotatable bonds is 3. The molecule has 9 heteroatoms. The Kier molecular flexibility index (Phi) is 3.47. The van der Waals surface area contributed by atoms with Crippen molar-refractivity contribution in [1.82, 2.24) is 20.1 Å². The van der Waals surface area contributed by atoms with Crippen molar-refractivity contribution in [1.29, 1.82) is 0 Å². The lowest BCUT2D eigenvalue weighted by atomic mass is 10.1. The number of nitrogens with zero attached hydrogens (tertiary/aromatic N) is 3. The van der Waals surface area contributed by atoms with E-state index in [0.717, 1.165) is 11.5 Å². The van der Waals surface area contributed by atoms with Crippen LogP contribution in [0.2, 0.25) is 0 Å². The molecule has 1 aromatic heterocycles. The summed E-state index contributed by atoms with van der Waals surface area (Å²) >= 11 is 0.976. The van der Waals surface area contributed by atoms with E-state index in [-0.39, 0.29) is 12.0 Å². The minimum atomic E-state index is -0.803. The van der Waals surface area contributed by atoms with E-state index in [1.165, 1.54) is 0 Å². The second-order valence-electron chi connectivity index (χ2n) is 3.81. The van der Waals surface area contributed by atoms with Crippen molar-refractivity contribution in [2.75, 3.05) is 5.32 Å². The summed E-state index contributed by atoms with van der Waals surface area (Å²) < 4.78 is 3.50. The number of urea groups is 1. The van der Waals surface area contributed by atoms with Crippen molar-refractivity contribution in [3.05, 3.63) is 0 Å². The molecule has 2 atom stereocenters. The maximum atomic E-state index is 11.5. The third-order valence-electron chi connectivity index (χ3n) is 2.64. The van der Waals surface area contributed by atoms with Gasteiger partial charge in [-0.2, -0.15) is 0 Å². The Balaban J connectivity index is 1.78. The highest BCUT2D eigenvalue weighted by atomic mass is 32.1. The fraction of sp³-hybridized carbons (Fsp3) is 0.625. The van der Waals surface area contributed by atoms with Gasteiger partial charge in [-0.1, -0.05) is 9.59 Å². The highest BCUT2D eigenvalue weighted by molar-refractivity contribution is 7.09. The van der Waals surface area contributed by atoms with E-state index >= 15 is 0 Å². The average molecular weight is 257 g/mol. The Labute approximate surface area is 101 Å². The van der Waals surface area contributed by atoms with Crippen LogP contribution in [0.3, 0.4) is 0 Å². The number of nitrogens with one attached hydrogen (secondary N) is 2. The van der Waals surface area contributed by atoms with Crippen LogP contribution in [0.4, 0.5) is 9.93 Å². The van der Waals surface area contributed by atoms with Crippen molar-refractivity contribution in [2.45, 2.75) is 25.3 Å². The first-order valence-corrected chi connectivity index (χ1v) is 5.88. The fourth-order valence-corrected chi connectivity index (χ4v) is 2.20. The molecular weight excluding hydrogens is 246 g/mol. The van der Waals surface area contributed by atoms with E-state index in [4.69, 9.17) is 5.11 Å². The molecule has 0 aromatic carbocycles. The van der Waals surface area contributed by atoms with Crippen LogP contribution in [-0.2, 0) is 4.79 Å². The van der Waals surface area contributed by atoms with E-state index < -0.39 is 12.0 Å². The normalized spacial score (nSPS) is 23.3. The Hall–Kier alpha value is -1.77. The van der Waals surface area contributed by atoms with Crippen molar-refractivity contribution < 1.29 is 14.7 Å².